The number of benzene rings is 2. The Morgan fingerprint density at radius 1 is 1.27 bits per heavy atom. The van der Waals surface area contributed by atoms with Crippen LogP contribution >= 0.6 is 0 Å². The topological polar surface area (TPSA) is 72.7 Å². The molecule has 2 aromatic carbocycles. The normalized spacial score (nSPS) is 16.0. The number of carbonyl (C=O) groups is 1. The van der Waals surface area contributed by atoms with Crippen molar-refractivity contribution in [1.29, 1.82) is 0 Å². The van der Waals surface area contributed by atoms with Crippen molar-refractivity contribution in [2.45, 2.75) is 31.7 Å². The minimum Gasteiger partial charge on any atom is -0.469 e. The van der Waals surface area contributed by atoms with Gasteiger partial charge in [-0.2, -0.15) is 0 Å². The second-order valence-corrected chi connectivity index (χ2v) is 6.47. The molecule has 0 spiro atoms. The van der Waals surface area contributed by atoms with Gasteiger partial charge in [0.25, 0.3) is 5.69 Å². The second-order valence-electron chi connectivity index (χ2n) is 6.47. The number of esters is 1. The summed E-state index contributed by atoms with van der Waals surface area (Å²) in [6, 6.07) is 15.2. The number of hydrogen-bond acceptors (Lipinski definition) is 5. The molecule has 0 fully saturated rings. The lowest BCUT2D eigenvalue weighted by Crippen LogP contribution is -2.42. The third-order valence-electron chi connectivity index (χ3n) is 4.89. The van der Waals surface area contributed by atoms with Gasteiger partial charge < -0.3 is 9.64 Å². The maximum atomic E-state index is 11.8. The van der Waals surface area contributed by atoms with E-state index in [2.05, 4.69) is 17.0 Å². The van der Waals surface area contributed by atoms with E-state index in [9.17, 15) is 14.9 Å². The van der Waals surface area contributed by atoms with Crippen LogP contribution in [0.25, 0.3) is 0 Å². The van der Waals surface area contributed by atoms with Gasteiger partial charge in [0.2, 0.25) is 0 Å². The number of hydrogen-bond donors (Lipinski definition) is 0. The summed E-state index contributed by atoms with van der Waals surface area (Å²) in [4.78, 5) is 24.7. The van der Waals surface area contributed by atoms with Gasteiger partial charge in [0.1, 0.15) is 0 Å². The Balaban J connectivity index is 1.86. The van der Waals surface area contributed by atoms with Gasteiger partial charge in [0, 0.05) is 30.4 Å². The predicted octanol–water partition coefficient (Wildman–Crippen LogP) is 3.52. The molecule has 0 N–H and O–H groups in total. The molecule has 0 bridgehead atoms. The number of rotatable bonds is 6. The highest BCUT2D eigenvalue weighted by Crippen LogP contribution is 2.34. The summed E-state index contributed by atoms with van der Waals surface area (Å²) in [5.74, 6) is -0.231. The average Bonchev–Trinajstić information content (AvgIpc) is 2.67. The highest BCUT2D eigenvalue weighted by Gasteiger charge is 2.29. The summed E-state index contributed by atoms with van der Waals surface area (Å²) in [7, 11) is 1.40. The number of nitrogens with zero attached hydrogens (tertiary/aromatic N) is 2. The number of anilines is 1. The van der Waals surface area contributed by atoms with Crippen molar-refractivity contribution in [3.05, 3.63) is 69.8 Å². The first-order chi connectivity index (χ1) is 12.6. The first kappa shape index (κ1) is 17.9. The van der Waals surface area contributed by atoms with Crippen LogP contribution in [0.5, 0.6) is 0 Å². The van der Waals surface area contributed by atoms with E-state index < -0.39 is 0 Å². The maximum Gasteiger partial charge on any atom is 0.307 e. The van der Waals surface area contributed by atoms with Crippen LogP contribution in [-0.2, 0) is 22.4 Å². The number of carbonyl (C=O) groups excluding carboxylic acids is 1. The first-order valence-corrected chi connectivity index (χ1v) is 8.73. The molecule has 1 atom stereocenters. The van der Waals surface area contributed by atoms with Gasteiger partial charge in [-0.05, 0) is 36.5 Å². The van der Waals surface area contributed by atoms with E-state index in [0.29, 0.717) is 6.42 Å². The summed E-state index contributed by atoms with van der Waals surface area (Å²) >= 11 is 0. The maximum absolute atomic E-state index is 11.8. The third-order valence-corrected chi connectivity index (χ3v) is 4.89. The van der Waals surface area contributed by atoms with Crippen LogP contribution in [0.2, 0.25) is 0 Å². The molecule has 136 valence electrons. The number of ether oxygens (including phenoxy) is 1. The van der Waals surface area contributed by atoms with E-state index in [1.54, 1.807) is 6.07 Å². The van der Waals surface area contributed by atoms with Crippen molar-refractivity contribution >= 4 is 17.3 Å². The van der Waals surface area contributed by atoms with Crippen molar-refractivity contribution in [2.24, 2.45) is 0 Å². The molecule has 0 saturated heterocycles. The molecule has 6 nitrogen and oxygen atoms in total. The molecule has 6 heteroatoms. The van der Waals surface area contributed by atoms with Gasteiger partial charge in [0.15, 0.2) is 0 Å². The summed E-state index contributed by atoms with van der Waals surface area (Å²) in [6.07, 6.45) is 2.66. The molecule has 0 aromatic heterocycles. The fraction of sp³-hybridized carbons (Fsp3) is 0.350. The summed E-state index contributed by atoms with van der Waals surface area (Å²) in [5, 5.41) is 11.1. The molecule has 0 radical (unpaired) electrons. The zero-order valence-corrected chi connectivity index (χ0v) is 14.8. The fourth-order valence-electron chi connectivity index (χ4n) is 3.53. The molecule has 0 amide bonds. The smallest absolute Gasteiger partial charge is 0.307 e. The lowest BCUT2D eigenvalue weighted by molar-refractivity contribution is -0.384. The van der Waals surface area contributed by atoms with Crippen LogP contribution in [0, 0.1) is 10.1 Å². The summed E-state index contributed by atoms with van der Waals surface area (Å²) in [6.45, 7) is 0.747. The Bertz CT molecular complexity index is 792. The zero-order chi connectivity index (χ0) is 18.5. The van der Waals surface area contributed by atoms with E-state index in [0.717, 1.165) is 37.1 Å². The van der Waals surface area contributed by atoms with E-state index in [-0.39, 0.29) is 22.6 Å². The minimum absolute atomic E-state index is 0.0418. The summed E-state index contributed by atoms with van der Waals surface area (Å²) < 4.78 is 4.85. The molecular weight excluding hydrogens is 332 g/mol. The monoisotopic (exact) mass is 354 g/mol. The van der Waals surface area contributed by atoms with E-state index in [1.807, 2.05) is 24.3 Å². The zero-order valence-electron chi connectivity index (χ0n) is 14.8. The number of fused-ring (bicyclic) bond motifs is 1. The number of nitro groups is 1. The third kappa shape index (κ3) is 4.02. The van der Waals surface area contributed by atoms with Crippen LogP contribution in [0.1, 0.15) is 24.0 Å². The van der Waals surface area contributed by atoms with Gasteiger partial charge >= 0.3 is 5.97 Å². The fourth-order valence-corrected chi connectivity index (χ4v) is 3.53. The average molecular weight is 354 g/mol. The number of aryl methyl sites for hydroxylation is 1. The number of nitro benzene ring substituents is 1. The molecule has 2 aromatic rings. The molecule has 1 aliphatic heterocycles. The Labute approximate surface area is 152 Å². The molecule has 0 aliphatic carbocycles. The quantitative estimate of drug-likeness (QED) is 0.451. The molecule has 26 heavy (non-hydrogen) atoms. The first-order valence-electron chi connectivity index (χ1n) is 8.73. The van der Waals surface area contributed by atoms with Gasteiger partial charge in [-0.15, -0.1) is 0 Å². The molecule has 0 saturated carbocycles. The Morgan fingerprint density at radius 2 is 2.04 bits per heavy atom. The second kappa shape index (κ2) is 7.99. The van der Waals surface area contributed by atoms with Crippen molar-refractivity contribution in [3.8, 4) is 0 Å². The van der Waals surface area contributed by atoms with Gasteiger partial charge in [-0.1, -0.05) is 30.3 Å². The van der Waals surface area contributed by atoms with Crippen LogP contribution in [0.4, 0.5) is 11.4 Å². The van der Waals surface area contributed by atoms with Crippen LogP contribution in [0.15, 0.2) is 48.5 Å². The number of methoxy groups -OCH3 is 1. The van der Waals surface area contributed by atoms with Crippen molar-refractivity contribution in [3.63, 3.8) is 0 Å². The number of non-ortho nitro benzene ring substituents is 1. The van der Waals surface area contributed by atoms with E-state index in [1.165, 1.54) is 18.7 Å². The standard InChI is InChI=1S/C20H22N2O4/c1-26-20(23)14-17-8-7-16-13-18(22(24)25)9-10-19(16)21(17)12-11-15-5-3-2-4-6-15/h2-6,9-10,13,17H,7-8,11-12,14H2,1H3/t17-/m1/s1. The van der Waals surface area contributed by atoms with Crippen molar-refractivity contribution in [1.82, 2.24) is 0 Å². The van der Waals surface area contributed by atoms with Crippen molar-refractivity contribution in [2.75, 3.05) is 18.6 Å². The minimum atomic E-state index is -0.366. The van der Waals surface area contributed by atoms with Gasteiger partial charge in [0.05, 0.1) is 18.5 Å². The Hall–Kier alpha value is -2.89. The van der Waals surface area contributed by atoms with E-state index >= 15 is 0 Å². The Morgan fingerprint density at radius 3 is 2.73 bits per heavy atom. The SMILES string of the molecule is COC(=O)C[C@H]1CCc2cc([N+](=O)[O-])ccc2N1CCc1ccccc1. The lowest BCUT2D eigenvalue weighted by Gasteiger charge is -2.38. The highest BCUT2D eigenvalue weighted by atomic mass is 16.6. The highest BCUT2D eigenvalue weighted by molar-refractivity contribution is 5.71. The molecule has 3 rings (SSSR count). The van der Waals surface area contributed by atoms with Crippen LogP contribution in [0.3, 0.4) is 0 Å². The van der Waals surface area contributed by atoms with Crippen molar-refractivity contribution < 1.29 is 14.5 Å². The predicted molar refractivity (Wildman–Crippen MR) is 99.3 cm³/mol. The van der Waals surface area contributed by atoms with Gasteiger partial charge in [-0.3, -0.25) is 14.9 Å². The summed E-state index contributed by atoms with van der Waals surface area (Å²) in [5.41, 5.74) is 3.27. The molecule has 1 heterocycles. The van der Waals surface area contributed by atoms with Gasteiger partial charge in [-0.25, -0.2) is 0 Å². The molecule has 1 aliphatic rings. The molecule has 0 unspecified atom stereocenters. The largest absolute Gasteiger partial charge is 0.469 e. The van der Waals surface area contributed by atoms with Crippen LogP contribution < -0.4 is 4.90 Å². The molecular formula is C20H22N2O4. The van der Waals surface area contributed by atoms with Crippen LogP contribution in [-0.4, -0.2) is 30.6 Å². The Kier molecular flexibility index (Phi) is 5.51. The lowest BCUT2D eigenvalue weighted by atomic mass is 9.93. The van der Waals surface area contributed by atoms with E-state index in [4.69, 9.17) is 4.74 Å².